The minimum atomic E-state index is -1.96. The number of halogens is 1. The lowest BCUT2D eigenvalue weighted by Crippen LogP contribution is -2.56. The molecule has 3 heterocycles. The number of rotatable bonds is 10. The average Bonchev–Trinajstić information content (AvgIpc) is 3.80. The van der Waals surface area contributed by atoms with Crippen LogP contribution < -0.4 is 29.0 Å². The topological polar surface area (TPSA) is 138 Å². The maximum atomic E-state index is 14.8. The van der Waals surface area contributed by atoms with Gasteiger partial charge in [-0.3, -0.25) is 14.4 Å². The van der Waals surface area contributed by atoms with Gasteiger partial charge in [0, 0.05) is 53.2 Å². The molecule has 12 heteroatoms. The van der Waals surface area contributed by atoms with Gasteiger partial charge in [-0.1, -0.05) is 18.5 Å². The average molecular weight is 699 g/mol. The summed E-state index contributed by atoms with van der Waals surface area (Å²) >= 11 is 6.63. The molecule has 3 aromatic carbocycles. The van der Waals surface area contributed by atoms with E-state index in [9.17, 15) is 14.4 Å². The van der Waals surface area contributed by atoms with E-state index in [4.69, 9.17) is 39.7 Å². The van der Waals surface area contributed by atoms with Gasteiger partial charge in [0.25, 0.3) is 0 Å². The zero-order chi connectivity index (χ0) is 35.3. The number of ketones is 2. The molecule has 11 nitrogen and oxygen atoms in total. The quantitative estimate of drug-likeness (QED) is 0.159. The Morgan fingerprint density at radius 1 is 0.940 bits per heavy atom. The molecule has 0 bridgehead atoms. The molecule has 1 aliphatic carbocycles. The third-order valence-electron chi connectivity index (χ3n) is 9.63. The highest BCUT2D eigenvalue weighted by atomic mass is 35.5. The van der Waals surface area contributed by atoms with E-state index < -0.39 is 23.1 Å². The predicted octanol–water partition coefficient (Wildman–Crippen LogP) is 6.41. The Morgan fingerprint density at radius 3 is 2.34 bits per heavy atom. The van der Waals surface area contributed by atoms with Crippen molar-refractivity contribution in [2.24, 2.45) is 5.92 Å². The molecule has 1 amide bonds. The standard InChI is InChI=1S/C38H35ClN2O9/c1-19-14-28-31(36(43)38(19)37(44)32-27(47-4)17-29(48-5)33(39)35(32)50-38)25(34(49-28)20-6-8-22(45-2)9-7-20)16-30(42)40-13-12-21-18-41-26-11-10-23(46-3)15-24(21)26/h6-11,15,17-19,41H,12-14,16H2,1-5H3,(H,40,42)/t19-,38+/m1/s1. The van der Waals surface area contributed by atoms with E-state index in [-0.39, 0.29) is 52.1 Å². The van der Waals surface area contributed by atoms with Gasteiger partial charge in [0.2, 0.25) is 23.1 Å². The van der Waals surface area contributed by atoms with E-state index in [1.165, 1.54) is 20.3 Å². The predicted molar refractivity (Wildman–Crippen MR) is 185 cm³/mol. The van der Waals surface area contributed by atoms with Gasteiger partial charge in [0.15, 0.2) is 5.75 Å². The monoisotopic (exact) mass is 698 g/mol. The van der Waals surface area contributed by atoms with Gasteiger partial charge in [0.05, 0.1) is 40.4 Å². The van der Waals surface area contributed by atoms with Gasteiger partial charge in [-0.25, -0.2) is 0 Å². The molecule has 7 rings (SSSR count). The van der Waals surface area contributed by atoms with Crippen molar-refractivity contribution in [2.45, 2.75) is 31.8 Å². The lowest BCUT2D eigenvalue weighted by molar-refractivity contribution is -0.120. The van der Waals surface area contributed by atoms with Crippen molar-refractivity contribution in [2.75, 3.05) is 35.0 Å². The Bertz CT molecular complexity index is 2170. The second-order valence-corrected chi connectivity index (χ2v) is 12.7. The van der Waals surface area contributed by atoms with Crippen LogP contribution in [0.15, 0.2) is 59.1 Å². The van der Waals surface area contributed by atoms with Crippen LogP contribution in [-0.2, 0) is 24.1 Å². The summed E-state index contributed by atoms with van der Waals surface area (Å²) in [5.74, 6) is 0.369. The summed E-state index contributed by atoms with van der Waals surface area (Å²) in [4.78, 5) is 46.0. The molecule has 5 aromatic rings. The maximum absolute atomic E-state index is 14.8. The Labute approximate surface area is 292 Å². The largest absolute Gasteiger partial charge is 0.497 e. The molecule has 2 aromatic heterocycles. The van der Waals surface area contributed by atoms with E-state index in [1.54, 1.807) is 45.4 Å². The highest BCUT2D eigenvalue weighted by Crippen LogP contribution is 2.54. The fourth-order valence-electron chi connectivity index (χ4n) is 7.03. The van der Waals surface area contributed by atoms with Crippen LogP contribution in [0.5, 0.6) is 28.7 Å². The van der Waals surface area contributed by atoms with E-state index in [0.29, 0.717) is 41.4 Å². The summed E-state index contributed by atoms with van der Waals surface area (Å²) < 4.78 is 34.4. The zero-order valence-electron chi connectivity index (χ0n) is 28.2. The number of carbonyl (C=O) groups excluding carboxylic acids is 3. The van der Waals surface area contributed by atoms with Crippen LogP contribution in [-0.4, -0.2) is 63.0 Å². The highest BCUT2D eigenvalue weighted by Gasteiger charge is 2.63. The first-order valence-electron chi connectivity index (χ1n) is 16.1. The molecular formula is C38H35ClN2O9. The summed E-state index contributed by atoms with van der Waals surface area (Å²) in [5.41, 5.74) is 1.24. The Balaban J connectivity index is 1.24. The van der Waals surface area contributed by atoms with Gasteiger partial charge in [-0.2, -0.15) is 0 Å². The molecule has 2 N–H and O–H groups in total. The molecule has 2 aliphatic rings. The van der Waals surface area contributed by atoms with Crippen LogP contribution in [0.3, 0.4) is 0 Å². The van der Waals surface area contributed by atoms with Crippen LogP contribution >= 0.6 is 11.6 Å². The SMILES string of the molecule is COc1ccc(-c2oc3c(c2CC(=O)NCCc2c[nH]c4ccc(OC)cc24)C(=O)[C@@]2(Oc4c(Cl)c(OC)cc(OC)c4C2=O)[C@H](C)C3)cc1. The van der Waals surface area contributed by atoms with Crippen molar-refractivity contribution in [3.63, 3.8) is 0 Å². The number of H-pyrrole nitrogens is 1. The summed E-state index contributed by atoms with van der Waals surface area (Å²) in [7, 11) is 6.03. The second kappa shape index (κ2) is 12.8. The number of furan rings is 1. The van der Waals surface area contributed by atoms with Crippen LogP contribution in [0.1, 0.15) is 44.5 Å². The van der Waals surface area contributed by atoms with Crippen molar-refractivity contribution in [3.05, 3.63) is 87.8 Å². The van der Waals surface area contributed by atoms with Gasteiger partial charge in [-0.15, -0.1) is 0 Å². The first-order valence-corrected chi connectivity index (χ1v) is 16.5. The van der Waals surface area contributed by atoms with Crippen molar-refractivity contribution in [1.82, 2.24) is 10.3 Å². The minimum Gasteiger partial charge on any atom is -0.497 e. The minimum absolute atomic E-state index is 0.0181. The summed E-state index contributed by atoms with van der Waals surface area (Å²) in [6, 6.07) is 14.4. The first-order chi connectivity index (χ1) is 24.1. The molecule has 1 spiro atoms. The number of hydrogen-bond donors (Lipinski definition) is 2. The number of benzene rings is 3. The normalized spacial score (nSPS) is 17.8. The number of nitrogens with one attached hydrogen (secondary N) is 2. The smallest absolute Gasteiger partial charge is 0.237 e. The Kier molecular flexibility index (Phi) is 8.47. The molecule has 0 saturated carbocycles. The summed E-state index contributed by atoms with van der Waals surface area (Å²) in [6.45, 7) is 2.09. The maximum Gasteiger partial charge on any atom is 0.237 e. The van der Waals surface area contributed by atoms with Crippen LogP contribution in [0, 0.1) is 5.92 Å². The number of amides is 1. The molecular weight excluding hydrogens is 664 g/mol. The van der Waals surface area contributed by atoms with Crippen LogP contribution in [0.25, 0.3) is 22.2 Å². The number of methoxy groups -OCH3 is 4. The number of aromatic amines is 1. The van der Waals surface area contributed by atoms with Gasteiger partial charge in [-0.05, 0) is 54.4 Å². The molecule has 2 atom stereocenters. The first kappa shape index (κ1) is 33.1. The molecule has 0 unspecified atom stereocenters. The third-order valence-corrected chi connectivity index (χ3v) is 9.99. The van der Waals surface area contributed by atoms with E-state index in [2.05, 4.69) is 10.3 Å². The van der Waals surface area contributed by atoms with Crippen molar-refractivity contribution >= 4 is 40.0 Å². The van der Waals surface area contributed by atoms with E-state index in [0.717, 1.165) is 22.2 Å². The van der Waals surface area contributed by atoms with Crippen molar-refractivity contribution in [3.8, 4) is 40.1 Å². The van der Waals surface area contributed by atoms with Crippen molar-refractivity contribution in [1.29, 1.82) is 0 Å². The Morgan fingerprint density at radius 2 is 1.64 bits per heavy atom. The fourth-order valence-corrected chi connectivity index (χ4v) is 7.29. The number of carbonyl (C=O) groups is 3. The molecule has 1 aliphatic heterocycles. The molecule has 0 radical (unpaired) electrons. The van der Waals surface area contributed by atoms with Crippen LogP contribution in [0.4, 0.5) is 0 Å². The number of aromatic nitrogens is 1. The summed E-state index contributed by atoms with van der Waals surface area (Å²) in [6.07, 6.45) is 2.47. The third kappa shape index (κ3) is 5.15. The van der Waals surface area contributed by atoms with Gasteiger partial charge in [0.1, 0.15) is 45.1 Å². The number of hydrogen-bond acceptors (Lipinski definition) is 9. The van der Waals surface area contributed by atoms with Crippen molar-refractivity contribution < 1.29 is 42.5 Å². The molecule has 50 heavy (non-hydrogen) atoms. The zero-order valence-corrected chi connectivity index (χ0v) is 28.9. The second-order valence-electron chi connectivity index (χ2n) is 12.3. The highest BCUT2D eigenvalue weighted by molar-refractivity contribution is 6.36. The lowest BCUT2D eigenvalue weighted by Gasteiger charge is -2.35. The van der Waals surface area contributed by atoms with Gasteiger partial charge < -0.3 is 38.4 Å². The van der Waals surface area contributed by atoms with E-state index >= 15 is 0 Å². The lowest BCUT2D eigenvalue weighted by atomic mass is 9.70. The molecule has 0 saturated heterocycles. The molecule has 0 fully saturated rings. The fraction of sp³-hybridized carbons (Fsp3) is 0.289. The summed E-state index contributed by atoms with van der Waals surface area (Å²) in [5, 5.41) is 4.06. The van der Waals surface area contributed by atoms with E-state index in [1.807, 2.05) is 24.4 Å². The number of fused-ring (bicyclic) bond motifs is 3. The van der Waals surface area contributed by atoms with Gasteiger partial charge >= 0.3 is 0 Å². The number of ether oxygens (including phenoxy) is 5. The molecule has 258 valence electrons. The van der Waals surface area contributed by atoms with Crippen LogP contribution in [0.2, 0.25) is 5.02 Å². The Hall–Kier alpha value is -5.42. The number of Topliss-reactive ketones (excluding diaryl/α,β-unsaturated/α-hetero) is 2.